The van der Waals surface area contributed by atoms with Crippen molar-refractivity contribution < 1.29 is 0 Å². The predicted molar refractivity (Wildman–Crippen MR) is 115 cm³/mol. The van der Waals surface area contributed by atoms with Crippen LogP contribution in [0.4, 0.5) is 0 Å². The van der Waals surface area contributed by atoms with Gasteiger partial charge >= 0.3 is 0 Å². The maximum absolute atomic E-state index is 4.18. The lowest BCUT2D eigenvalue weighted by Gasteiger charge is -2.12. The van der Waals surface area contributed by atoms with E-state index in [1.165, 1.54) is 43.1 Å². The van der Waals surface area contributed by atoms with Crippen LogP contribution in [-0.2, 0) is 0 Å². The molecule has 0 amide bonds. The summed E-state index contributed by atoms with van der Waals surface area (Å²) in [7, 11) is 0. The number of hydrogen-bond acceptors (Lipinski definition) is 2. The van der Waals surface area contributed by atoms with Crippen LogP contribution in [0.1, 0.15) is 22.6 Å². The van der Waals surface area contributed by atoms with Gasteiger partial charge in [0.2, 0.25) is 0 Å². The van der Waals surface area contributed by atoms with Gasteiger partial charge in [0.05, 0.1) is 0 Å². The third-order valence-electron chi connectivity index (χ3n) is 6.33. The van der Waals surface area contributed by atoms with E-state index in [0.29, 0.717) is 17.8 Å². The Labute approximate surface area is 162 Å². The molecule has 0 radical (unpaired) electrons. The molecule has 130 valence electrons. The first-order chi connectivity index (χ1) is 13.3. The molecule has 4 aromatic rings. The van der Waals surface area contributed by atoms with Crippen LogP contribution < -0.4 is 0 Å². The van der Waals surface area contributed by atoms with Crippen molar-refractivity contribution in [1.29, 1.82) is 0 Å². The van der Waals surface area contributed by atoms with E-state index in [9.17, 15) is 0 Å². The number of nitrogens with zero attached hydrogens (tertiary/aromatic N) is 1. The number of thiophene rings is 1. The maximum Gasteiger partial charge on any atom is 0.0349 e. The summed E-state index contributed by atoms with van der Waals surface area (Å²) in [5.74, 6) is 1.80. The van der Waals surface area contributed by atoms with Crippen LogP contribution in [0.2, 0.25) is 0 Å². The van der Waals surface area contributed by atoms with Gasteiger partial charge in [-0.1, -0.05) is 36.4 Å². The molecule has 2 aromatic carbocycles. The van der Waals surface area contributed by atoms with Crippen LogP contribution in [0, 0.1) is 18.8 Å². The van der Waals surface area contributed by atoms with Gasteiger partial charge in [-0.3, -0.25) is 4.98 Å². The number of aromatic nitrogens is 1. The van der Waals surface area contributed by atoms with Gasteiger partial charge in [-0.2, -0.15) is 0 Å². The molecule has 2 unspecified atom stereocenters. The van der Waals surface area contributed by atoms with Crippen LogP contribution in [0.15, 0.2) is 78.5 Å². The number of rotatable bonds is 2. The number of hydrogen-bond donors (Lipinski definition) is 0. The maximum atomic E-state index is 4.18. The van der Waals surface area contributed by atoms with Crippen LogP contribution in [0.5, 0.6) is 0 Å². The molecule has 0 spiro atoms. The second-order valence-electron chi connectivity index (χ2n) is 7.65. The zero-order valence-electron chi connectivity index (χ0n) is 15.1. The van der Waals surface area contributed by atoms with Crippen molar-refractivity contribution in [3.8, 4) is 0 Å². The first kappa shape index (κ1) is 15.4. The fourth-order valence-electron chi connectivity index (χ4n) is 5.04. The highest BCUT2D eigenvalue weighted by molar-refractivity contribution is 7.17. The lowest BCUT2D eigenvalue weighted by atomic mass is 9.92. The van der Waals surface area contributed by atoms with Crippen molar-refractivity contribution >= 4 is 37.8 Å². The summed E-state index contributed by atoms with van der Waals surface area (Å²) in [6.07, 6.45) is 10.7. The minimum Gasteiger partial charge on any atom is -0.265 e. The quantitative estimate of drug-likeness (QED) is 0.383. The average Bonchev–Trinajstić information content (AvgIpc) is 3.24. The Morgan fingerprint density at radius 1 is 0.926 bits per heavy atom. The first-order valence-corrected chi connectivity index (χ1v) is 10.4. The highest BCUT2D eigenvalue weighted by atomic mass is 32.1. The van der Waals surface area contributed by atoms with Gasteiger partial charge < -0.3 is 0 Å². The van der Waals surface area contributed by atoms with Gasteiger partial charge in [0, 0.05) is 22.5 Å². The van der Waals surface area contributed by atoms with Crippen molar-refractivity contribution in [1.82, 2.24) is 4.98 Å². The summed E-state index contributed by atoms with van der Waals surface area (Å²) >= 11 is 1.83. The van der Waals surface area contributed by atoms with Gasteiger partial charge in [0.25, 0.3) is 0 Å². The average molecular weight is 366 g/mol. The smallest absolute Gasteiger partial charge is 0.0349 e. The van der Waals surface area contributed by atoms with E-state index in [4.69, 9.17) is 0 Å². The monoisotopic (exact) mass is 365 g/mol. The second-order valence-corrected chi connectivity index (χ2v) is 8.60. The molecule has 2 heterocycles. The summed E-state index contributed by atoms with van der Waals surface area (Å²) in [4.78, 5) is 4.18. The van der Waals surface area contributed by atoms with E-state index in [1.807, 2.05) is 23.7 Å². The van der Waals surface area contributed by atoms with E-state index < -0.39 is 0 Å². The molecule has 2 aliphatic carbocycles. The first-order valence-electron chi connectivity index (χ1n) is 9.51. The zero-order chi connectivity index (χ0) is 18.0. The van der Waals surface area contributed by atoms with E-state index in [2.05, 4.69) is 78.0 Å². The Bertz CT molecular complexity index is 1250. The fraction of sp³-hybridized carbons (Fsp3) is 0.160. The molecule has 2 heteroatoms. The number of aryl methyl sites for hydroxylation is 1. The largest absolute Gasteiger partial charge is 0.265 e. The molecule has 0 aliphatic heterocycles. The number of pyridine rings is 1. The van der Waals surface area contributed by atoms with E-state index in [0.717, 1.165) is 0 Å². The molecular weight excluding hydrogens is 346 g/mol. The Morgan fingerprint density at radius 2 is 1.78 bits per heavy atom. The normalized spacial score (nSPS) is 23.4. The van der Waals surface area contributed by atoms with E-state index in [-0.39, 0.29) is 0 Å². The van der Waals surface area contributed by atoms with Gasteiger partial charge in [-0.15, -0.1) is 11.3 Å². The molecule has 2 aliphatic rings. The predicted octanol–water partition coefficient (Wildman–Crippen LogP) is 6.74. The number of allylic oxidation sites excluding steroid dienone is 4. The summed E-state index contributed by atoms with van der Waals surface area (Å²) in [6.45, 7) is 2.32. The van der Waals surface area contributed by atoms with E-state index in [1.54, 1.807) is 0 Å². The Hall–Kier alpha value is -2.71. The van der Waals surface area contributed by atoms with Crippen LogP contribution in [0.25, 0.3) is 26.4 Å². The molecule has 1 fully saturated rings. The summed E-state index contributed by atoms with van der Waals surface area (Å²) in [5.41, 5.74) is 5.75. The standard InChI is InChI=1S/C25H19NS/c1-15-18(7-5-17-6-8-22-20(23(15)17)11-14-27-22)24-21-4-2-3-19(25(21)24)16-9-12-26-13-10-16/h2-14,21,24-25H,1H3/t21?,24-,25?/m0/s1. The summed E-state index contributed by atoms with van der Waals surface area (Å²) < 4.78 is 1.38. The minimum atomic E-state index is 0.585. The SMILES string of the molecule is Cc1c([C@H]2C3C=CC=C(c4ccncc4)C32)ccc2ccc3sccc3c12. The van der Waals surface area contributed by atoms with Crippen molar-refractivity contribution in [2.45, 2.75) is 12.8 Å². The number of fused-ring (bicyclic) bond motifs is 4. The van der Waals surface area contributed by atoms with Crippen molar-refractivity contribution in [2.75, 3.05) is 0 Å². The molecule has 0 N–H and O–H groups in total. The molecule has 0 bridgehead atoms. The summed E-state index contributed by atoms with van der Waals surface area (Å²) in [6, 6.07) is 15.8. The Morgan fingerprint density at radius 3 is 2.67 bits per heavy atom. The van der Waals surface area contributed by atoms with Crippen molar-refractivity contribution in [3.05, 3.63) is 95.2 Å². The van der Waals surface area contributed by atoms with Crippen molar-refractivity contribution in [3.63, 3.8) is 0 Å². The highest BCUT2D eigenvalue weighted by Gasteiger charge is 2.52. The third kappa shape index (κ3) is 2.20. The molecule has 0 saturated heterocycles. The Kier molecular flexibility index (Phi) is 3.21. The van der Waals surface area contributed by atoms with Gasteiger partial charge in [-0.25, -0.2) is 0 Å². The minimum absolute atomic E-state index is 0.585. The molecule has 2 aromatic heterocycles. The second kappa shape index (κ2) is 5.64. The molecule has 1 nitrogen and oxygen atoms in total. The fourth-order valence-corrected chi connectivity index (χ4v) is 5.83. The highest BCUT2D eigenvalue weighted by Crippen LogP contribution is 2.63. The van der Waals surface area contributed by atoms with E-state index >= 15 is 0 Å². The zero-order valence-corrected chi connectivity index (χ0v) is 15.9. The Balaban J connectivity index is 1.49. The van der Waals surface area contributed by atoms with Crippen LogP contribution in [-0.4, -0.2) is 4.98 Å². The molecule has 6 rings (SSSR count). The molecular formula is C25H19NS. The van der Waals surface area contributed by atoms with Gasteiger partial charge in [0.1, 0.15) is 0 Å². The topological polar surface area (TPSA) is 12.9 Å². The molecule has 1 saturated carbocycles. The van der Waals surface area contributed by atoms with Gasteiger partial charge in [0.15, 0.2) is 0 Å². The lowest BCUT2D eigenvalue weighted by molar-refractivity contribution is 0.994. The van der Waals surface area contributed by atoms with Crippen molar-refractivity contribution in [2.24, 2.45) is 11.8 Å². The third-order valence-corrected chi connectivity index (χ3v) is 7.22. The lowest BCUT2D eigenvalue weighted by Crippen LogP contribution is -1.94. The molecule has 3 atom stereocenters. The van der Waals surface area contributed by atoms with Crippen LogP contribution in [0.3, 0.4) is 0 Å². The molecule has 27 heavy (non-hydrogen) atoms. The van der Waals surface area contributed by atoms with Crippen LogP contribution >= 0.6 is 11.3 Å². The van der Waals surface area contributed by atoms with Gasteiger partial charge in [-0.05, 0) is 87.4 Å². The summed E-state index contributed by atoms with van der Waals surface area (Å²) in [5, 5.41) is 6.40. The number of benzene rings is 2.